The van der Waals surface area contributed by atoms with Gasteiger partial charge in [-0.1, -0.05) is 39.8 Å². The zero-order chi connectivity index (χ0) is 33.9. The molecule has 0 aliphatic rings. The van der Waals surface area contributed by atoms with E-state index in [0.717, 1.165) is 18.4 Å². The van der Waals surface area contributed by atoms with E-state index in [1.165, 1.54) is 0 Å². The molecule has 2 rings (SSSR count). The van der Waals surface area contributed by atoms with Crippen molar-refractivity contribution in [2.45, 2.75) is 59.8 Å². The van der Waals surface area contributed by atoms with E-state index in [2.05, 4.69) is 49.0 Å². The number of benzene rings is 2. The van der Waals surface area contributed by atoms with Crippen molar-refractivity contribution < 1.29 is 38.6 Å². The molecular formula is C34H48N4O8. The van der Waals surface area contributed by atoms with Crippen molar-refractivity contribution in [2.24, 2.45) is 11.8 Å². The van der Waals surface area contributed by atoms with Gasteiger partial charge in [-0.3, -0.25) is 24.0 Å². The third-order valence-electron chi connectivity index (χ3n) is 6.71. The molecule has 4 amide bonds. The van der Waals surface area contributed by atoms with Gasteiger partial charge in [-0.15, -0.1) is 0 Å². The second-order valence-corrected chi connectivity index (χ2v) is 11.8. The fourth-order valence-electron chi connectivity index (χ4n) is 4.09. The van der Waals surface area contributed by atoms with E-state index in [0.29, 0.717) is 47.6 Å². The molecule has 0 aliphatic heterocycles. The van der Waals surface area contributed by atoms with Crippen LogP contribution in [0.1, 0.15) is 70.2 Å². The molecule has 46 heavy (non-hydrogen) atoms. The number of amides is 4. The van der Waals surface area contributed by atoms with E-state index in [1.807, 2.05) is 0 Å². The van der Waals surface area contributed by atoms with Gasteiger partial charge in [0.25, 0.3) is 17.7 Å². The number of hydrogen-bond acceptors (Lipinski definition) is 7. The van der Waals surface area contributed by atoms with Gasteiger partial charge in [0, 0.05) is 44.6 Å². The quantitative estimate of drug-likeness (QED) is 0.129. The average molecular weight is 641 g/mol. The summed E-state index contributed by atoms with van der Waals surface area (Å²) in [6.07, 6.45) is 1.97. The van der Waals surface area contributed by atoms with Crippen molar-refractivity contribution in [3.8, 4) is 22.6 Å². The molecule has 0 heterocycles. The van der Waals surface area contributed by atoms with Gasteiger partial charge < -0.3 is 35.8 Å². The summed E-state index contributed by atoms with van der Waals surface area (Å²) in [7, 11) is 0. The summed E-state index contributed by atoms with van der Waals surface area (Å²) < 4.78 is 11.4. The van der Waals surface area contributed by atoms with Crippen LogP contribution in [0.4, 0.5) is 0 Å². The van der Waals surface area contributed by atoms with Crippen molar-refractivity contribution in [3.05, 3.63) is 48.0 Å². The minimum absolute atomic E-state index is 0.0867. The Bertz CT molecular complexity index is 1290. The molecule has 0 aromatic heterocycles. The van der Waals surface area contributed by atoms with E-state index >= 15 is 0 Å². The van der Waals surface area contributed by atoms with Crippen molar-refractivity contribution in [3.63, 3.8) is 0 Å². The van der Waals surface area contributed by atoms with Crippen LogP contribution in [0.25, 0.3) is 11.1 Å². The number of rotatable bonds is 21. The highest BCUT2D eigenvalue weighted by Gasteiger charge is 2.13. The largest absolute Gasteiger partial charge is 0.484 e. The molecule has 12 nitrogen and oxygen atoms in total. The first-order valence-corrected chi connectivity index (χ1v) is 15.7. The maximum Gasteiger partial charge on any atom is 0.303 e. The summed E-state index contributed by atoms with van der Waals surface area (Å²) in [5.74, 6) is -0.348. The molecule has 2 aromatic carbocycles. The van der Waals surface area contributed by atoms with Gasteiger partial charge in [0.15, 0.2) is 13.2 Å². The first-order valence-electron chi connectivity index (χ1n) is 15.7. The molecule has 0 unspecified atom stereocenters. The van der Waals surface area contributed by atoms with Gasteiger partial charge >= 0.3 is 5.97 Å². The molecule has 0 fully saturated rings. The number of carboxylic acid groups (broad SMARTS) is 1. The van der Waals surface area contributed by atoms with Gasteiger partial charge in [-0.05, 0) is 72.6 Å². The number of carbonyl (C=O) groups is 5. The van der Waals surface area contributed by atoms with Crippen LogP contribution in [0.15, 0.2) is 42.5 Å². The summed E-state index contributed by atoms with van der Waals surface area (Å²) in [6.45, 7) is 9.46. The van der Waals surface area contributed by atoms with Crippen LogP contribution < -0.4 is 30.7 Å². The summed E-state index contributed by atoms with van der Waals surface area (Å²) >= 11 is 0. The summed E-state index contributed by atoms with van der Waals surface area (Å²) in [5, 5.41) is 19.8. The van der Waals surface area contributed by atoms with Crippen molar-refractivity contribution in [1.82, 2.24) is 21.3 Å². The normalized spacial score (nSPS) is 10.7. The van der Waals surface area contributed by atoms with E-state index < -0.39 is 11.9 Å². The highest BCUT2D eigenvalue weighted by molar-refractivity contribution is 5.96. The number of nitrogens with one attached hydrogen (secondary N) is 4. The van der Waals surface area contributed by atoms with Crippen molar-refractivity contribution in [1.29, 1.82) is 0 Å². The minimum atomic E-state index is -0.960. The Labute approximate surface area is 271 Å². The Hall–Kier alpha value is -4.61. The molecule has 5 N–H and O–H groups in total. The van der Waals surface area contributed by atoms with Crippen LogP contribution in [-0.2, 0) is 19.2 Å². The zero-order valence-corrected chi connectivity index (χ0v) is 27.3. The molecule has 12 heteroatoms. The number of carbonyl (C=O) groups excluding carboxylic acids is 4. The molecule has 252 valence electrons. The predicted octanol–water partition coefficient (Wildman–Crippen LogP) is 3.54. The summed E-state index contributed by atoms with van der Waals surface area (Å²) in [4.78, 5) is 59.9. The summed E-state index contributed by atoms with van der Waals surface area (Å²) in [5.41, 5.74) is 1.70. The Morgan fingerprint density at radius 1 is 0.630 bits per heavy atom. The molecule has 0 aliphatic carbocycles. The number of hydrogen-bond donors (Lipinski definition) is 5. The van der Waals surface area contributed by atoms with Crippen LogP contribution in [0.3, 0.4) is 0 Å². The molecule has 0 bridgehead atoms. The lowest BCUT2D eigenvalue weighted by Gasteiger charge is -2.13. The second-order valence-electron chi connectivity index (χ2n) is 11.8. The molecule has 0 radical (unpaired) electrons. The SMILES string of the molecule is CC(C)CCNC(=O)COc1ccc(-c2cc(OCC(=O)NCCC(C)C)cc(C(=O)NCCNC(=O)CCCC(=O)O)c2)cc1. The number of ether oxygens (including phenoxy) is 2. The van der Waals surface area contributed by atoms with E-state index in [1.54, 1.807) is 42.5 Å². The lowest BCUT2D eigenvalue weighted by atomic mass is 10.0. The fraction of sp³-hybridized carbons (Fsp3) is 0.500. The van der Waals surface area contributed by atoms with E-state index in [4.69, 9.17) is 14.6 Å². The topological polar surface area (TPSA) is 172 Å². The Morgan fingerprint density at radius 2 is 1.17 bits per heavy atom. The van der Waals surface area contributed by atoms with Crippen molar-refractivity contribution >= 4 is 29.6 Å². The third kappa shape index (κ3) is 15.9. The van der Waals surface area contributed by atoms with E-state index in [9.17, 15) is 24.0 Å². The first-order chi connectivity index (χ1) is 21.9. The number of aliphatic carboxylic acids is 1. The summed E-state index contributed by atoms with van der Waals surface area (Å²) in [6, 6.07) is 12.0. The molecular weight excluding hydrogens is 592 g/mol. The monoisotopic (exact) mass is 640 g/mol. The molecule has 0 atom stereocenters. The van der Waals surface area contributed by atoms with Crippen LogP contribution in [0, 0.1) is 11.8 Å². The molecule has 0 spiro atoms. The molecule has 2 aromatic rings. The Morgan fingerprint density at radius 3 is 1.74 bits per heavy atom. The molecule has 0 saturated carbocycles. The second kappa shape index (κ2) is 20.4. The van der Waals surface area contributed by atoms with Crippen LogP contribution >= 0.6 is 0 Å². The predicted molar refractivity (Wildman–Crippen MR) is 175 cm³/mol. The van der Waals surface area contributed by atoms with Gasteiger partial charge in [0.05, 0.1) is 0 Å². The van der Waals surface area contributed by atoms with Gasteiger partial charge in [0.2, 0.25) is 5.91 Å². The van der Waals surface area contributed by atoms with Gasteiger partial charge in [-0.25, -0.2) is 0 Å². The Kier molecular flexibility index (Phi) is 16.7. The highest BCUT2D eigenvalue weighted by atomic mass is 16.5. The highest BCUT2D eigenvalue weighted by Crippen LogP contribution is 2.28. The maximum atomic E-state index is 13.0. The Balaban J connectivity index is 2.07. The average Bonchev–Trinajstić information content (AvgIpc) is 3.00. The minimum Gasteiger partial charge on any atom is -0.484 e. The van der Waals surface area contributed by atoms with Crippen LogP contribution in [0.5, 0.6) is 11.5 Å². The van der Waals surface area contributed by atoms with Crippen LogP contribution in [-0.4, -0.2) is 74.1 Å². The van der Waals surface area contributed by atoms with E-state index in [-0.39, 0.29) is 63.3 Å². The zero-order valence-electron chi connectivity index (χ0n) is 27.3. The lowest BCUT2D eigenvalue weighted by molar-refractivity contribution is -0.137. The molecule has 0 saturated heterocycles. The van der Waals surface area contributed by atoms with Crippen LogP contribution in [0.2, 0.25) is 0 Å². The van der Waals surface area contributed by atoms with Crippen molar-refractivity contribution in [2.75, 3.05) is 39.4 Å². The standard InChI is InChI=1S/C34H48N4O8/c1-23(2)12-14-35-31(40)21-45-28-10-8-25(9-11-28)26-18-27(20-29(19-26)46-22-32(41)36-15-13-24(3)4)34(44)38-17-16-37-30(39)6-5-7-33(42)43/h8-11,18-20,23-24H,5-7,12-17,21-22H2,1-4H3,(H,35,40)(H,36,41)(H,37,39)(H,38,44)(H,42,43). The maximum absolute atomic E-state index is 13.0. The smallest absolute Gasteiger partial charge is 0.303 e. The lowest BCUT2D eigenvalue weighted by Crippen LogP contribution is -2.34. The number of carboxylic acids is 1. The van der Waals surface area contributed by atoms with Gasteiger partial charge in [-0.2, -0.15) is 0 Å². The first kappa shape index (κ1) is 37.6. The third-order valence-corrected chi connectivity index (χ3v) is 6.71. The van der Waals surface area contributed by atoms with Gasteiger partial charge in [0.1, 0.15) is 11.5 Å². The fourth-order valence-corrected chi connectivity index (χ4v) is 4.09.